The number of carbonyl (C=O) groups excluding carboxylic acids is 1. The molecule has 3 N–H and O–H groups in total. The van der Waals surface area contributed by atoms with Gasteiger partial charge in [-0.05, 0) is 54.8 Å². The van der Waals surface area contributed by atoms with E-state index in [1.165, 1.54) is 12.1 Å². The second-order valence-electron chi connectivity index (χ2n) is 8.94. The molecule has 0 spiro atoms. The smallest absolute Gasteiger partial charge is 0.399 e. The van der Waals surface area contributed by atoms with Gasteiger partial charge < -0.3 is 11.1 Å². The summed E-state index contributed by atoms with van der Waals surface area (Å²) in [4.78, 5) is 22.4. The maximum atomic E-state index is 13.1. The van der Waals surface area contributed by atoms with Gasteiger partial charge >= 0.3 is 6.18 Å². The molecule has 5 nitrogen and oxygen atoms in total. The number of aryl methyl sites for hydroxylation is 1. The van der Waals surface area contributed by atoms with Gasteiger partial charge in [0.05, 0.1) is 11.3 Å². The van der Waals surface area contributed by atoms with Gasteiger partial charge in [0, 0.05) is 34.5 Å². The van der Waals surface area contributed by atoms with Gasteiger partial charge in [-0.1, -0.05) is 48.5 Å². The molecule has 0 bridgehead atoms. The zero-order valence-electron chi connectivity index (χ0n) is 19.9. The van der Waals surface area contributed by atoms with Crippen molar-refractivity contribution in [3.05, 3.63) is 106 Å². The maximum Gasteiger partial charge on any atom is 0.416 e. The molecule has 3 aromatic carbocycles. The second-order valence-corrected chi connectivity index (χ2v) is 8.94. The number of Topliss-reactive ketones (excluding diaryl/α,β-unsaturated/α-hetero) is 1. The fraction of sp³-hybridized carbons (Fsp3) is 0.138. The molecule has 0 radical (unpaired) electrons. The molecule has 1 aromatic heterocycles. The van der Waals surface area contributed by atoms with Crippen molar-refractivity contribution in [2.24, 2.45) is 0 Å². The number of aromatic nitrogens is 2. The van der Waals surface area contributed by atoms with Crippen LogP contribution in [0.1, 0.15) is 38.3 Å². The van der Waals surface area contributed by atoms with Gasteiger partial charge in [0.1, 0.15) is 5.82 Å². The van der Waals surface area contributed by atoms with E-state index in [9.17, 15) is 18.0 Å². The summed E-state index contributed by atoms with van der Waals surface area (Å²) in [5, 5.41) is 3.36. The predicted molar refractivity (Wildman–Crippen MR) is 139 cm³/mol. The number of halogens is 3. The van der Waals surface area contributed by atoms with E-state index in [4.69, 9.17) is 10.7 Å². The average Bonchev–Trinajstić information content (AvgIpc) is 3.34. The number of alkyl halides is 3. The first kappa shape index (κ1) is 24.2. The zero-order chi connectivity index (χ0) is 26.2. The van der Waals surface area contributed by atoms with Gasteiger partial charge in [-0.2, -0.15) is 13.2 Å². The van der Waals surface area contributed by atoms with Crippen LogP contribution in [0.3, 0.4) is 0 Å². The van der Waals surface area contributed by atoms with Gasteiger partial charge in [-0.3, -0.25) is 4.79 Å². The van der Waals surface area contributed by atoms with Gasteiger partial charge in [0.15, 0.2) is 11.6 Å². The third-order valence-electron chi connectivity index (χ3n) is 6.21. The van der Waals surface area contributed by atoms with Crippen molar-refractivity contribution in [3.8, 4) is 11.4 Å². The molecule has 0 fully saturated rings. The molecule has 0 saturated carbocycles. The summed E-state index contributed by atoms with van der Waals surface area (Å²) in [6, 6.07) is 17.4. The quantitative estimate of drug-likeness (QED) is 0.225. The van der Waals surface area contributed by atoms with Gasteiger partial charge in [0.2, 0.25) is 0 Å². The number of carbonyl (C=O) groups is 1. The molecule has 186 valence electrons. The van der Waals surface area contributed by atoms with Gasteiger partial charge in [-0.25, -0.2) is 9.97 Å². The summed E-state index contributed by atoms with van der Waals surface area (Å²) in [6.45, 7) is 1.90. The Hall–Kier alpha value is -4.46. The molecular formula is C29H23F3N4O. The Balaban J connectivity index is 1.44. The number of nitrogen functional groups attached to an aromatic ring is 1. The third kappa shape index (κ3) is 5.23. The average molecular weight is 501 g/mol. The van der Waals surface area contributed by atoms with Crippen LogP contribution in [0, 0.1) is 6.92 Å². The third-order valence-corrected chi connectivity index (χ3v) is 6.21. The van der Waals surface area contributed by atoms with E-state index in [1.54, 1.807) is 24.3 Å². The van der Waals surface area contributed by atoms with Gasteiger partial charge in [-0.15, -0.1) is 0 Å². The summed E-state index contributed by atoms with van der Waals surface area (Å²) in [6.07, 6.45) is 0.0211. The topological polar surface area (TPSA) is 80.9 Å². The summed E-state index contributed by atoms with van der Waals surface area (Å²) in [5.74, 6) is 0.866. The maximum absolute atomic E-state index is 13.1. The van der Waals surface area contributed by atoms with Crippen molar-refractivity contribution in [3.63, 3.8) is 0 Å². The molecule has 1 aliphatic carbocycles. The monoisotopic (exact) mass is 500 g/mol. The van der Waals surface area contributed by atoms with E-state index >= 15 is 0 Å². The fourth-order valence-electron chi connectivity index (χ4n) is 4.24. The molecule has 0 unspecified atom stereocenters. The van der Waals surface area contributed by atoms with E-state index in [1.807, 2.05) is 37.3 Å². The largest absolute Gasteiger partial charge is 0.416 e. The van der Waals surface area contributed by atoms with Crippen LogP contribution in [0.5, 0.6) is 0 Å². The number of rotatable bonds is 6. The van der Waals surface area contributed by atoms with E-state index in [-0.39, 0.29) is 12.2 Å². The first-order valence-corrected chi connectivity index (χ1v) is 11.7. The van der Waals surface area contributed by atoms with Gasteiger partial charge in [0.25, 0.3) is 0 Å². The van der Waals surface area contributed by atoms with Crippen molar-refractivity contribution in [2.45, 2.75) is 25.9 Å². The zero-order valence-corrected chi connectivity index (χ0v) is 19.9. The van der Waals surface area contributed by atoms with Crippen LogP contribution in [0.15, 0.2) is 72.8 Å². The van der Waals surface area contributed by atoms with Crippen molar-refractivity contribution in [1.82, 2.24) is 9.97 Å². The SMILES string of the molecule is Cc1ccc(C(=O)Cc2cccc(C(F)(F)F)c2)cc1Nc1nc(-c2cccc(N)c2)nc2c1CC=C2. The highest BCUT2D eigenvalue weighted by molar-refractivity contribution is 5.98. The van der Waals surface area contributed by atoms with Crippen molar-refractivity contribution in [1.29, 1.82) is 0 Å². The minimum atomic E-state index is -4.46. The highest BCUT2D eigenvalue weighted by Crippen LogP contribution is 2.32. The molecule has 0 atom stereocenters. The van der Waals surface area contributed by atoms with Crippen LogP contribution in [0.2, 0.25) is 0 Å². The van der Waals surface area contributed by atoms with Crippen molar-refractivity contribution in [2.75, 3.05) is 11.1 Å². The van der Waals surface area contributed by atoms with Crippen LogP contribution < -0.4 is 11.1 Å². The van der Waals surface area contributed by atoms with E-state index in [0.717, 1.165) is 34.5 Å². The number of nitrogens with two attached hydrogens (primary N) is 1. The van der Waals surface area contributed by atoms with Crippen LogP contribution >= 0.6 is 0 Å². The number of anilines is 3. The summed E-state index contributed by atoms with van der Waals surface area (Å²) < 4.78 is 39.2. The lowest BCUT2D eigenvalue weighted by molar-refractivity contribution is -0.137. The molecule has 8 heteroatoms. The number of hydrogen-bond acceptors (Lipinski definition) is 5. The molecular weight excluding hydrogens is 477 g/mol. The van der Waals surface area contributed by atoms with Crippen LogP contribution in [-0.4, -0.2) is 15.8 Å². The molecule has 0 amide bonds. The Labute approximate surface area is 211 Å². The molecule has 5 rings (SSSR count). The normalized spacial score (nSPS) is 12.4. The number of fused-ring (bicyclic) bond motifs is 1. The Morgan fingerprint density at radius 1 is 1.03 bits per heavy atom. The lowest BCUT2D eigenvalue weighted by Crippen LogP contribution is -2.09. The van der Waals surface area contributed by atoms with Crippen LogP contribution in [0.25, 0.3) is 17.5 Å². The standard InChI is InChI=1S/C29H23F3N4O/c1-17-11-12-19(26(37)14-18-5-2-7-21(13-18)29(30,31)32)16-25(17)35-28-23-9-4-10-24(23)34-27(36-28)20-6-3-8-22(33)15-20/h2-8,10-13,15-16H,9,14,33H2,1H3,(H,34,35,36). The van der Waals surface area contributed by atoms with E-state index < -0.39 is 11.7 Å². The van der Waals surface area contributed by atoms with Crippen LogP contribution in [-0.2, 0) is 19.0 Å². The minimum Gasteiger partial charge on any atom is -0.399 e. The highest BCUT2D eigenvalue weighted by atomic mass is 19.4. The number of hydrogen-bond donors (Lipinski definition) is 2. The first-order chi connectivity index (χ1) is 17.7. The Morgan fingerprint density at radius 3 is 2.62 bits per heavy atom. The number of benzene rings is 3. The summed E-state index contributed by atoms with van der Waals surface area (Å²) >= 11 is 0. The summed E-state index contributed by atoms with van der Waals surface area (Å²) in [5.41, 5.74) is 10.6. The van der Waals surface area contributed by atoms with Crippen molar-refractivity contribution >= 4 is 29.1 Å². The molecule has 0 saturated heterocycles. The number of nitrogens with one attached hydrogen (secondary N) is 1. The highest BCUT2D eigenvalue weighted by Gasteiger charge is 2.30. The first-order valence-electron chi connectivity index (χ1n) is 11.7. The molecule has 1 heterocycles. The van der Waals surface area contributed by atoms with Crippen LogP contribution in [0.4, 0.5) is 30.4 Å². The molecule has 0 aliphatic heterocycles. The minimum absolute atomic E-state index is 0.140. The molecule has 37 heavy (non-hydrogen) atoms. The predicted octanol–water partition coefficient (Wildman–Crippen LogP) is 6.79. The Morgan fingerprint density at radius 2 is 1.84 bits per heavy atom. The van der Waals surface area contributed by atoms with E-state index in [0.29, 0.717) is 40.6 Å². The second kappa shape index (κ2) is 9.54. The number of nitrogens with zero attached hydrogens (tertiary/aromatic N) is 2. The van der Waals surface area contributed by atoms with E-state index in [2.05, 4.69) is 10.3 Å². The number of allylic oxidation sites excluding steroid dienone is 1. The molecule has 4 aromatic rings. The van der Waals surface area contributed by atoms with Crippen molar-refractivity contribution < 1.29 is 18.0 Å². The molecule has 1 aliphatic rings. The fourth-order valence-corrected chi connectivity index (χ4v) is 4.24. The Kier molecular flexibility index (Phi) is 6.25. The summed E-state index contributed by atoms with van der Waals surface area (Å²) in [7, 11) is 0. The lowest BCUT2D eigenvalue weighted by atomic mass is 9.99. The lowest BCUT2D eigenvalue weighted by Gasteiger charge is -2.15. The Bertz CT molecular complexity index is 1540. The number of ketones is 1.